The fourth-order valence-corrected chi connectivity index (χ4v) is 5.09. The summed E-state index contributed by atoms with van der Waals surface area (Å²) in [4.78, 5) is 6.75. The monoisotopic (exact) mass is 382 g/mol. The Kier molecular flexibility index (Phi) is 5.56. The molecule has 2 atom stereocenters. The van der Waals surface area contributed by atoms with E-state index in [0.29, 0.717) is 6.61 Å². The highest BCUT2D eigenvalue weighted by Gasteiger charge is 2.51. The molecule has 0 spiro atoms. The van der Waals surface area contributed by atoms with Crippen LogP contribution < -0.4 is 9.47 Å². The van der Waals surface area contributed by atoms with E-state index in [1.165, 1.54) is 12.0 Å². The molecule has 2 aliphatic rings. The second-order valence-corrected chi connectivity index (χ2v) is 8.00. The van der Waals surface area contributed by atoms with Gasteiger partial charge < -0.3 is 14.6 Å². The molecule has 0 radical (unpaired) electrons. The maximum absolute atomic E-state index is 11.7. The molecular formula is C23H30N2O3. The lowest BCUT2D eigenvalue weighted by Crippen LogP contribution is -2.57. The number of piperidine rings is 1. The lowest BCUT2D eigenvalue weighted by atomic mass is 9.63. The second-order valence-electron chi connectivity index (χ2n) is 8.00. The lowest BCUT2D eigenvalue weighted by Gasteiger charge is -2.53. The molecule has 5 heteroatoms. The van der Waals surface area contributed by atoms with Gasteiger partial charge in [0, 0.05) is 49.4 Å². The van der Waals surface area contributed by atoms with Crippen molar-refractivity contribution in [2.45, 2.75) is 38.3 Å². The van der Waals surface area contributed by atoms with E-state index >= 15 is 0 Å². The summed E-state index contributed by atoms with van der Waals surface area (Å²) < 4.78 is 11.1. The van der Waals surface area contributed by atoms with Gasteiger partial charge >= 0.3 is 0 Å². The second kappa shape index (κ2) is 8.10. The number of aliphatic hydroxyl groups is 1. The number of nitrogens with zero attached hydrogens (tertiary/aromatic N) is 2. The van der Waals surface area contributed by atoms with Gasteiger partial charge in [0.2, 0.25) is 0 Å². The smallest absolute Gasteiger partial charge is 0.161 e. The first kappa shape index (κ1) is 19.2. The normalized spacial score (nSPS) is 27.4. The average molecular weight is 383 g/mol. The summed E-state index contributed by atoms with van der Waals surface area (Å²) in [5.74, 6) is 2.06. The Morgan fingerprint density at radius 1 is 1.18 bits per heavy atom. The van der Waals surface area contributed by atoms with Crippen LogP contribution in [-0.2, 0) is 12.1 Å². The van der Waals surface area contributed by atoms with Gasteiger partial charge in [-0.05, 0) is 43.5 Å². The van der Waals surface area contributed by atoms with Crippen LogP contribution in [0.25, 0.3) is 0 Å². The molecule has 2 bridgehead atoms. The highest BCUT2D eigenvalue weighted by atomic mass is 16.5. The van der Waals surface area contributed by atoms with E-state index in [4.69, 9.17) is 9.47 Å². The molecule has 1 aromatic heterocycles. The Hall–Kier alpha value is -2.11. The minimum atomic E-state index is -0.751. The van der Waals surface area contributed by atoms with Crippen molar-refractivity contribution >= 4 is 0 Å². The Morgan fingerprint density at radius 2 is 1.96 bits per heavy atom. The van der Waals surface area contributed by atoms with Gasteiger partial charge in [0.15, 0.2) is 11.5 Å². The van der Waals surface area contributed by atoms with E-state index in [-0.39, 0.29) is 11.8 Å². The summed E-state index contributed by atoms with van der Waals surface area (Å²) in [6.45, 7) is 5.26. The van der Waals surface area contributed by atoms with Crippen molar-refractivity contribution in [1.29, 1.82) is 0 Å². The molecule has 2 aromatic rings. The fourth-order valence-electron chi connectivity index (χ4n) is 5.09. The van der Waals surface area contributed by atoms with Crippen LogP contribution in [0.3, 0.4) is 0 Å². The van der Waals surface area contributed by atoms with Crippen LogP contribution in [-0.4, -0.2) is 41.8 Å². The minimum Gasteiger partial charge on any atom is -0.493 e. The number of methoxy groups -OCH3 is 1. The molecule has 150 valence electrons. The van der Waals surface area contributed by atoms with Crippen LogP contribution in [0.4, 0.5) is 0 Å². The topological polar surface area (TPSA) is 54.8 Å². The summed E-state index contributed by atoms with van der Waals surface area (Å²) in [6.07, 6.45) is 6.94. The summed E-state index contributed by atoms with van der Waals surface area (Å²) in [7, 11) is 1.67. The molecule has 1 aromatic carbocycles. The molecule has 1 saturated carbocycles. The summed E-state index contributed by atoms with van der Waals surface area (Å²) in [6, 6.07) is 10.1. The van der Waals surface area contributed by atoms with E-state index in [0.717, 1.165) is 49.5 Å². The Bertz CT molecular complexity index is 782. The van der Waals surface area contributed by atoms with Crippen molar-refractivity contribution in [3.05, 3.63) is 53.9 Å². The van der Waals surface area contributed by atoms with Crippen molar-refractivity contribution in [1.82, 2.24) is 9.88 Å². The standard InChI is InChI=1S/C23H30N2O3/c1-3-28-22-12-17(9-10-21(22)27-2)14-25-15-19-6-4-7-20(16-25)23(19,26)18-8-5-11-24-13-18/h5,8-13,19-20,26H,3-4,6-7,14-16H2,1-2H3/t19-,20-/m1/s1. The van der Waals surface area contributed by atoms with Gasteiger partial charge in [-0.3, -0.25) is 9.88 Å². The van der Waals surface area contributed by atoms with Crippen LogP contribution in [0.5, 0.6) is 11.5 Å². The number of fused-ring (bicyclic) bond motifs is 2. The molecule has 0 amide bonds. The molecule has 1 aliphatic carbocycles. The molecule has 5 nitrogen and oxygen atoms in total. The lowest BCUT2D eigenvalue weighted by molar-refractivity contribution is -0.148. The van der Waals surface area contributed by atoms with Crippen molar-refractivity contribution in [2.24, 2.45) is 11.8 Å². The highest BCUT2D eigenvalue weighted by Crippen LogP contribution is 2.49. The number of benzene rings is 1. The summed E-state index contributed by atoms with van der Waals surface area (Å²) in [5.41, 5.74) is 1.45. The van der Waals surface area contributed by atoms with E-state index in [9.17, 15) is 5.11 Å². The number of hydrogen-bond acceptors (Lipinski definition) is 5. The predicted octanol–water partition coefficient (Wildman–Crippen LogP) is 3.61. The average Bonchev–Trinajstić information content (AvgIpc) is 2.70. The fraction of sp³-hybridized carbons (Fsp3) is 0.522. The van der Waals surface area contributed by atoms with Gasteiger partial charge in [-0.25, -0.2) is 0 Å². The van der Waals surface area contributed by atoms with Crippen molar-refractivity contribution in [3.8, 4) is 11.5 Å². The van der Waals surface area contributed by atoms with Crippen molar-refractivity contribution in [2.75, 3.05) is 26.8 Å². The number of aromatic nitrogens is 1. The van der Waals surface area contributed by atoms with E-state index in [1.54, 1.807) is 13.3 Å². The Balaban J connectivity index is 1.53. The number of hydrogen-bond donors (Lipinski definition) is 1. The first-order chi connectivity index (χ1) is 13.6. The maximum atomic E-state index is 11.7. The molecule has 2 fully saturated rings. The first-order valence-electron chi connectivity index (χ1n) is 10.3. The zero-order valence-electron chi connectivity index (χ0n) is 16.8. The minimum absolute atomic E-state index is 0.244. The maximum Gasteiger partial charge on any atom is 0.161 e. The van der Waals surface area contributed by atoms with E-state index < -0.39 is 5.60 Å². The van der Waals surface area contributed by atoms with Gasteiger partial charge in [-0.15, -0.1) is 0 Å². The molecular weight excluding hydrogens is 352 g/mol. The third-order valence-electron chi connectivity index (χ3n) is 6.37. The third-order valence-corrected chi connectivity index (χ3v) is 6.37. The molecule has 0 unspecified atom stereocenters. The predicted molar refractivity (Wildman–Crippen MR) is 108 cm³/mol. The SMILES string of the molecule is CCOc1cc(CN2C[C@H]3CCC[C@H](C2)C3(O)c2cccnc2)ccc1OC. The van der Waals surface area contributed by atoms with Gasteiger partial charge in [0.25, 0.3) is 0 Å². The van der Waals surface area contributed by atoms with Crippen LogP contribution in [0.2, 0.25) is 0 Å². The van der Waals surface area contributed by atoms with Crippen molar-refractivity contribution < 1.29 is 14.6 Å². The zero-order valence-corrected chi connectivity index (χ0v) is 16.8. The molecule has 4 rings (SSSR count). The molecule has 1 saturated heterocycles. The van der Waals surface area contributed by atoms with E-state index in [1.807, 2.05) is 31.3 Å². The van der Waals surface area contributed by atoms with Gasteiger partial charge in [-0.1, -0.05) is 18.6 Å². The molecule has 2 heterocycles. The number of ether oxygens (including phenoxy) is 2. The quantitative estimate of drug-likeness (QED) is 0.827. The van der Waals surface area contributed by atoms with Crippen LogP contribution in [0.15, 0.2) is 42.7 Å². The first-order valence-corrected chi connectivity index (χ1v) is 10.3. The van der Waals surface area contributed by atoms with Crippen LogP contribution >= 0.6 is 0 Å². The number of rotatable bonds is 6. The summed E-state index contributed by atoms with van der Waals surface area (Å²) in [5, 5.41) is 11.7. The van der Waals surface area contributed by atoms with Crippen LogP contribution in [0.1, 0.15) is 37.3 Å². The third kappa shape index (κ3) is 3.49. The van der Waals surface area contributed by atoms with Crippen LogP contribution in [0, 0.1) is 11.8 Å². The number of pyridine rings is 1. The largest absolute Gasteiger partial charge is 0.493 e. The Labute approximate surface area is 167 Å². The molecule has 1 N–H and O–H groups in total. The molecule has 1 aliphatic heterocycles. The zero-order chi connectivity index (χ0) is 19.6. The van der Waals surface area contributed by atoms with Gasteiger partial charge in [0.1, 0.15) is 0 Å². The van der Waals surface area contributed by atoms with Crippen molar-refractivity contribution in [3.63, 3.8) is 0 Å². The van der Waals surface area contributed by atoms with E-state index in [2.05, 4.69) is 22.0 Å². The number of likely N-dealkylation sites (tertiary alicyclic amines) is 1. The highest BCUT2D eigenvalue weighted by molar-refractivity contribution is 5.43. The molecule has 28 heavy (non-hydrogen) atoms. The van der Waals surface area contributed by atoms with Gasteiger partial charge in [0.05, 0.1) is 19.3 Å². The Morgan fingerprint density at radius 3 is 2.61 bits per heavy atom. The van der Waals surface area contributed by atoms with Gasteiger partial charge in [-0.2, -0.15) is 0 Å². The summed E-state index contributed by atoms with van der Waals surface area (Å²) >= 11 is 0.